The van der Waals surface area contributed by atoms with Gasteiger partial charge in [-0.15, -0.1) is 5.10 Å². The summed E-state index contributed by atoms with van der Waals surface area (Å²) in [5.74, 6) is 0.741. The zero-order valence-corrected chi connectivity index (χ0v) is 12.0. The summed E-state index contributed by atoms with van der Waals surface area (Å²) >= 11 is 0. The Labute approximate surface area is 113 Å². The first-order valence-corrected chi connectivity index (χ1v) is 6.50. The smallest absolute Gasteiger partial charge is 0.184 e. The van der Waals surface area contributed by atoms with Gasteiger partial charge in [-0.05, 0) is 40.8 Å². The molecule has 0 spiro atoms. The summed E-state index contributed by atoms with van der Waals surface area (Å²) in [6.07, 6.45) is 1.01. The third-order valence-electron chi connectivity index (χ3n) is 3.17. The van der Waals surface area contributed by atoms with Gasteiger partial charge in [-0.3, -0.25) is 0 Å². The third-order valence-corrected chi connectivity index (χ3v) is 3.17. The first-order valence-electron chi connectivity index (χ1n) is 6.50. The van der Waals surface area contributed by atoms with Crippen LogP contribution in [0.15, 0.2) is 18.2 Å². The quantitative estimate of drug-likeness (QED) is 0.860. The molecule has 2 N–H and O–H groups in total. The van der Waals surface area contributed by atoms with E-state index in [4.69, 9.17) is 5.73 Å². The Morgan fingerprint density at radius 3 is 2.68 bits per heavy atom. The lowest BCUT2D eigenvalue weighted by molar-refractivity contribution is 0.340. The highest BCUT2D eigenvalue weighted by atomic mass is 15.5. The van der Waals surface area contributed by atoms with E-state index in [9.17, 15) is 0 Å². The van der Waals surface area contributed by atoms with Crippen molar-refractivity contribution in [3.8, 4) is 11.4 Å². The van der Waals surface area contributed by atoms with Crippen LogP contribution in [0.2, 0.25) is 0 Å². The number of aromatic nitrogens is 4. The molecule has 1 heterocycles. The van der Waals surface area contributed by atoms with Crippen molar-refractivity contribution in [3.05, 3.63) is 23.8 Å². The minimum atomic E-state index is 0.251. The van der Waals surface area contributed by atoms with Crippen molar-refractivity contribution in [1.82, 2.24) is 20.2 Å². The lowest BCUT2D eigenvalue weighted by Crippen LogP contribution is -2.12. The average molecular weight is 259 g/mol. The first kappa shape index (κ1) is 13.5. The second kappa shape index (κ2) is 4.99. The van der Waals surface area contributed by atoms with E-state index in [1.165, 1.54) is 0 Å². The van der Waals surface area contributed by atoms with Crippen LogP contribution in [0.1, 0.15) is 32.8 Å². The number of aryl methyl sites for hydroxylation is 2. The van der Waals surface area contributed by atoms with Gasteiger partial charge in [-0.2, -0.15) is 0 Å². The molecule has 0 fully saturated rings. The number of nitrogens with zero attached hydrogens (tertiary/aromatic N) is 4. The molecule has 0 unspecified atom stereocenters. The summed E-state index contributed by atoms with van der Waals surface area (Å²) in [5.41, 5.74) is 9.06. The molecule has 1 aromatic carbocycles. The van der Waals surface area contributed by atoms with Crippen molar-refractivity contribution < 1.29 is 0 Å². The fourth-order valence-electron chi connectivity index (χ4n) is 1.87. The number of hydrogen-bond acceptors (Lipinski definition) is 4. The van der Waals surface area contributed by atoms with Crippen molar-refractivity contribution in [2.45, 2.75) is 40.7 Å². The molecule has 0 aliphatic rings. The monoisotopic (exact) mass is 259 g/mol. The Bertz CT molecular complexity index is 565. The molecule has 0 radical (unpaired) electrons. The average Bonchev–Trinajstić information content (AvgIpc) is 2.77. The third kappa shape index (κ3) is 3.10. The number of rotatable bonds is 3. The van der Waals surface area contributed by atoms with E-state index < -0.39 is 0 Å². The largest absolute Gasteiger partial charge is 0.398 e. The zero-order valence-electron chi connectivity index (χ0n) is 12.0. The normalized spacial score (nSPS) is 11.8. The molecule has 0 atom stereocenters. The predicted molar refractivity (Wildman–Crippen MR) is 76.5 cm³/mol. The molecule has 0 aliphatic carbocycles. The van der Waals surface area contributed by atoms with E-state index in [0.717, 1.165) is 35.6 Å². The van der Waals surface area contributed by atoms with Crippen molar-refractivity contribution in [2.75, 3.05) is 5.73 Å². The van der Waals surface area contributed by atoms with Crippen LogP contribution in [-0.4, -0.2) is 20.2 Å². The molecule has 19 heavy (non-hydrogen) atoms. The molecule has 0 amide bonds. The topological polar surface area (TPSA) is 69.6 Å². The Morgan fingerprint density at radius 1 is 1.26 bits per heavy atom. The lowest BCUT2D eigenvalue weighted by Gasteiger charge is -2.18. The Hall–Kier alpha value is -1.91. The van der Waals surface area contributed by atoms with Crippen LogP contribution in [0.3, 0.4) is 0 Å². The summed E-state index contributed by atoms with van der Waals surface area (Å²) in [7, 11) is 0. The predicted octanol–water partition coefficient (Wildman–Crippen LogP) is 2.67. The lowest BCUT2D eigenvalue weighted by atomic mass is 9.92. The molecular formula is C14H21N5. The highest BCUT2D eigenvalue weighted by molar-refractivity contribution is 5.73. The SMILES string of the molecule is Cc1cccc(-c2nnnn2CCC(C)(C)C)c1N. The van der Waals surface area contributed by atoms with Gasteiger partial charge in [0.15, 0.2) is 5.82 Å². The maximum atomic E-state index is 6.12. The van der Waals surface area contributed by atoms with Crippen LogP contribution in [0.4, 0.5) is 5.69 Å². The van der Waals surface area contributed by atoms with Crippen LogP contribution in [-0.2, 0) is 6.54 Å². The van der Waals surface area contributed by atoms with Gasteiger partial charge in [0.05, 0.1) is 0 Å². The second-order valence-corrected chi connectivity index (χ2v) is 6.07. The first-order chi connectivity index (χ1) is 8.88. The molecule has 5 heteroatoms. The highest BCUT2D eigenvalue weighted by Crippen LogP contribution is 2.27. The Morgan fingerprint density at radius 2 is 2.00 bits per heavy atom. The van der Waals surface area contributed by atoms with E-state index in [2.05, 4.69) is 36.3 Å². The number of nitrogens with two attached hydrogens (primary N) is 1. The molecule has 0 saturated carbocycles. The maximum absolute atomic E-state index is 6.12. The van der Waals surface area contributed by atoms with Crippen LogP contribution in [0.5, 0.6) is 0 Å². The highest BCUT2D eigenvalue weighted by Gasteiger charge is 2.16. The van der Waals surface area contributed by atoms with Crippen LogP contribution in [0.25, 0.3) is 11.4 Å². The summed E-state index contributed by atoms with van der Waals surface area (Å²) in [5, 5.41) is 12.0. The van der Waals surface area contributed by atoms with E-state index >= 15 is 0 Å². The second-order valence-electron chi connectivity index (χ2n) is 6.07. The van der Waals surface area contributed by atoms with Gasteiger partial charge < -0.3 is 5.73 Å². The molecule has 0 saturated heterocycles. The van der Waals surface area contributed by atoms with Crippen LogP contribution >= 0.6 is 0 Å². The van der Waals surface area contributed by atoms with Crippen molar-refractivity contribution >= 4 is 5.69 Å². The standard InChI is InChI=1S/C14H21N5/c1-10-6-5-7-11(12(10)15)13-16-17-18-19(13)9-8-14(2,3)4/h5-7H,8-9,15H2,1-4H3. The van der Waals surface area contributed by atoms with Crippen LogP contribution in [0, 0.1) is 12.3 Å². The van der Waals surface area contributed by atoms with Crippen LogP contribution < -0.4 is 5.73 Å². The van der Waals surface area contributed by atoms with E-state index in [0.29, 0.717) is 0 Å². The van der Waals surface area contributed by atoms with Gasteiger partial charge in [0.1, 0.15) is 0 Å². The summed E-state index contributed by atoms with van der Waals surface area (Å²) < 4.78 is 1.83. The Balaban J connectivity index is 2.31. The zero-order chi connectivity index (χ0) is 14.0. The van der Waals surface area contributed by atoms with Gasteiger partial charge in [-0.25, -0.2) is 4.68 Å². The van der Waals surface area contributed by atoms with Gasteiger partial charge in [0.25, 0.3) is 0 Å². The minimum absolute atomic E-state index is 0.251. The molecular weight excluding hydrogens is 238 g/mol. The van der Waals surface area contributed by atoms with Crippen molar-refractivity contribution in [1.29, 1.82) is 0 Å². The number of benzene rings is 1. The number of nitrogen functional groups attached to an aromatic ring is 1. The Kier molecular flexibility index (Phi) is 3.55. The summed E-state index contributed by atoms with van der Waals surface area (Å²) in [6, 6.07) is 5.92. The molecule has 0 bridgehead atoms. The van der Waals surface area contributed by atoms with Crippen molar-refractivity contribution in [2.24, 2.45) is 5.41 Å². The number of para-hydroxylation sites is 1. The fourth-order valence-corrected chi connectivity index (χ4v) is 1.87. The maximum Gasteiger partial charge on any atom is 0.184 e. The fraction of sp³-hybridized carbons (Fsp3) is 0.500. The molecule has 1 aromatic heterocycles. The van der Waals surface area contributed by atoms with Gasteiger partial charge in [0, 0.05) is 17.8 Å². The number of anilines is 1. The van der Waals surface area contributed by atoms with E-state index in [1.807, 2.05) is 29.8 Å². The molecule has 5 nitrogen and oxygen atoms in total. The molecule has 2 aromatic rings. The molecule has 0 aliphatic heterocycles. The van der Waals surface area contributed by atoms with Gasteiger partial charge in [-0.1, -0.05) is 32.9 Å². The van der Waals surface area contributed by atoms with Crippen molar-refractivity contribution in [3.63, 3.8) is 0 Å². The van der Waals surface area contributed by atoms with E-state index in [1.54, 1.807) is 0 Å². The van der Waals surface area contributed by atoms with E-state index in [-0.39, 0.29) is 5.41 Å². The summed E-state index contributed by atoms with van der Waals surface area (Å²) in [6.45, 7) is 9.40. The van der Waals surface area contributed by atoms with Gasteiger partial charge >= 0.3 is 0 Å². The molecule has 102 valence electrons. The molecule has 2 rings (SSSR count). The number of tetrazole rings is 1. The van der Waals surface area contributed by atoms with Gasteiger partial charge in [0.2, 0.25) is 0 Å². The summed E-state index contributed by atoms with van der Waals surface area (Å²) in [4.78, 5) is 0. The number of hydrogen-bond donors (Lipinski definition) is 1. The minimum Gasteiger partial charge on any atom is -0.398 e.